The van der Waals surface area contributed by atoms with Gasteiger partial charge in [0.05, 0.1) is 0 Å². The molecule has 1 aromatic rings. The molecule has 1 aromatic carbocycles. The number of hydrogen-bond acceptors (Lipinski definition) is 2. The maximum atomic E-state index is 3.72. The van der Waals surface area contributed by atoms with E-state index in [1.165, 1.54) is 36.9 Å². The topological polar surface area (TPSA) is 15.3 Å². The average molecular weight is 260 g/mol. The van der Waals surface area contributed by atoms with Crippen LogP contribution < -0.4 is 10.2 Å². The summed E-state index contributed by atoms with van der Waals surface area (Å²) in [7, 11) is 2.18. The van der Waals surface area contributed by atoms with Crippen LogP contribution in [0.15, 0.2) is 24.3 Å². The van der Waals surface area contributed by atoms with Crippen molar-refractivity contribution in [3.63, 3.8) is 0 Å². The van der Waals surface area contributed by atoms with Crippen LogP contribution in [0.1, 0.15) is 38.2 Å². The van der Waals surface area contributed by atoms with Gasteiger partial charge in [0.25, 0.3) is 0 Å². The van der Waals surface area contributed by atoms with E-state index in [4.69, 9.17) is 0 Å². The van der Waals surface area contributed by atoms with E-state index >= 15 is 0 Å². The van der Waals surface area contributed by atoms with Gasteiger partial charge in [-0.15, -0.1) is 0 Å². The highest BCUT2D eigenvalue weighted by Gasteiger charge is 2.17. The second-order valence-corrected chi connectivity index (χ2v) is 6.18. The number of aryl methyl sites for hydroxylation is 1. The van der Waals surface area contributed by atoms with Crippen molar-refractivity contribution in [2.45, 2.75) is 45.6 Å². The van der Waals surface area contributed by atoms with Gasteiger partial charge in [-0.05, 0) is 37.8 Å². The van der Waals surface area contributed by atoms with E-state index in [0.29, 0.717) is 0 Å². The van der Waals surface area contributed by atoms with Crippen LogP contribution in [-0.2, 0) is 0 Å². The zero-order valence-corrected chi connectivity index (χ0v) is 12.7. The lowest BCUT2D eigenvalue weighted by atomic mass is 9.87. The van der Waals surface area contributed by atoms with Crippen LogP contribution in [-0.4, -0.2) is 26.2 Å². The van der Waals surface area contributed by atoms with Crippen molar-refractivity contribution in [2.75, 3.05) is 25.0 Å². The molecule has 1 aliphatic rings. The summed E-state index contributed by atoms with van der Waals surface area (Å²) in [6.45, 7) is 6.68. The molecule has 1 saturated carbocycles. The van der Waals surface area contributed by atoms with E-state index in [2.05, 4.69) is 55.4 Å². The van der Waals surface area contributed by atoms with E-state index in [-0.39, 0.29) is 0 Å². The quantitative estimate of drug-likeness (QED) is 0.870. The molecule has 2 rings (SSSR count). The molecular weight excluding hydrogens is 232 g/mol. The van der Waals surface area contributed by atoms with E-state index in [0.717, 1.165) is 25.0 Å². The van der Waals surface area contributed by atoms with Crippen molar-refractivity contribution < 1.29 is 0 Å². The Bertz CT molecular complexity index is 371. The summed E-state index contributed by atoms with van der Waals surface area (Å²) in [5, 5.41) is 3.72. The molecule has 2 unspecified atom stereocenters. The van der Waals surface area contributed by atoms with E-state index in [9.17, 15) is 0 Å². The van der Waals surface area contributed by atoms with Gasteiger partial charge in [0.15, 0.2) is 0 Å². The van der Waals surface area contributed by atoms with E-state index < -0.39 is 0 Å². The van der Waals surface area contributed by atoms with Crippen LogP contribution in [0.25, 0.3) is 0 Å². The summed E-state index contributed by atoms with van der Waals surface area (Å²) in [4.78, 5) is 2.33. The molecular formula is C17H28N2. The summed E-state index contributed by atoms with van der Waals surface area (Å²) in [6.07, 6.45) is 5.53. The van der Waals surface area contributed by atoms with Crippen molar-refractivity contribution in [3.8, 4) is 0 Å². The fourth-order valence-corrected chi connectivity index (χ4v) is 2.98. The minimum absolute atomic E-state index is 0.746. The van der Waals surface area contributed by atoms with Gasteiger partial charge in [-0.3, -0.25) is 0 Å². The molecule has 2 atom stereocenters. The number of likely N-dealkylation sites (N-methyl/N-ethyl adjacent to an activating group) is 1. The maximum absolute atomic E-state index is 3.72. The molecule has 0 spiro atoms. The average Bonchev–Trinajstić information content (AvgIpc) is 2.39. The first-order valence-electron chi connectivity index (χ1n) is 7.66. The predicted octanol–water partition coefficient (Wildman–Crippen LogP) is 3.60. The van der Waals surface area contributed by atoms with Crippen LogP contribution in [0.3, 0.4) is 0 Å². The predicted molar refractivity (Wildman–Crippen MR) is 83.9 cm³/mol. The lowest BCUT2D eigenvalue weighted by Crippen LogP contribution is -2.38. The van der Waals surface area contributed by atoms with Crippen molar-refractivity contribution in [1.82, 2.24) is 5.32 Å². The van der Waals surface area contributed by atoms with Gasteiger partial charge in [0, 0.05) is 31.9 Å². The zero-order valence-electron chi connectivity index (χ0n) is 12.7. The minimum atomic E-state index is 0.746. The largest absolute Gasteiger partial charge is 0.373 e. The third-order valence-corrected chi connectivity index (χ3v) is 4.29. The highest BCUT2D eigenvalue weighted by molar-refractivity contribution is 5.46. The zero-order chi connectivity index (χ0) is 13.7. The number of hydrogen-bond donors (Lipinski definition) is 1. The molecule has 1 N–H and O–H groups in total. The third kappa shape index (κ3) is 4.54. The standard InChI is InChI=1S/C17H28N2/c1-14-7-9-17(10-8-14)19(3)12-11-18-16-6-4-5-15(2)13-16/h7-10,15-16,18H,4-6,11-13H2,1-3H3. The molecule has 0 amide bonds. The van der Waals surface area contributed by atoms with E-state index in [1.807, 2.05) is 0 Å². The van der Waals surface area contributed by atoms with Crippen molar-refractivity contribution in [3.05, 3.63) is 29.8 Å². The summed E-state index contributed by atoms with van der Waals surface area (Å²) >= 11 is 0. The first-order chi connectivity index (χ1) is 9.15. The van der Waals surface area contributed by atoms with Gasteiger partial charge < -0.3 is 10.2 Å². The van der Waals surface area contributed by atoms with Gasteiger partial charge in [-0.2, -0.15) is 0 Å². The molecule has 0 saturated heterocycles. The van der Waals surface area contributed by atoms with Crippen molar-refractivity contribution >= 4 is 5.69 Å². The Kier molecular flexibility index (Phi) is 5.26. The van der Waals surface area contributed by atoms with Gasteiger partial charge in [0.2, 0.25) is 0 Å². The third-order valence-electron chi connectivity index (χ3n) is 4.29. The van der Waals surface area contributed by atoms with Crippen LogP contribution in [0.4, 0.5) is 5.69 Å². The number of nitrogens with one attached hydrogen (secondary N) is 1. The summed E-state index contributed by atoms with van der Waals surface area (Å²) in [5.41, 5.74) is 2.64. The molecule has 0 heterocycles. The Balaban J connectivity index is 1.71. The number of nitrogens with zero attached hydrogens (tertiary/aromatic N) is 1. The second-order valence-electron chi connectivity index (χ2n) is 6.18. The lowest BCUT2D eigenvalue weighted by Gasteiger charge is -2.28. The number of benzene rings is 1. The van der Waals surface area contributed by atoms with Crippen LogP contribution >= 0.6 is 0 Å². The smallest absolute Gasteiger partial charge is 0.0364 e. The van der Waals surface area contributed by atoms with Crippen molar-refractivity contribution in [2.24, 2.45) is 5.92 Å². The Morgan fingerprint density at radius 3 is 2.63 bits per heavy atom. The molecule has 2 nitrogen and oxygen atoms in total. The van der Waals surface area contributed by atoms with Gasteiger partial charge >= 0.3 is 0 Å². The molecule has 0 radical (unpaired) electrons. The van der Waals surface area contributed by atoms with Crippen LogP contribution in [0.2, 0.25) is 0 Å². The highest BCUT2D eigenvalue weighted by atomic mass is 15.1. The Morgan fingerprint density at radius 1 is 1.21 bits per heavy atom. The first kappa shape index (κ1) is 14.4. The molecule has 0 aliphatic heterocycles. The number of rotatable bonds is 5. The maximum Gasteiger partial charge on any atom is 0.0364 e. The van der Waals surface area contributed by atoms with Crippen LogP contribution in [0.5, 0.6) is 0 Å². The lowest BCUT2D eigenvalue weighted by molar-refractivity contribution is 0.303. The fraction of sp³-hybridized carbons (Fsp3) is 0.647. The molecule has 106 valence electrons. The van der Waals surface area contributed by atoms with Gasteiger partial charge in [0.1, 0.15) is 0 Å². The fourth-order valence-electron chi connectivity index (χ4n) is 2.98. The summed E-state index contributed by atoms with van der Waals surface area (Å²) in [5.74, 6) is 0.904. The molecule has 19 heavy (non-hydrogen) atoms. The first-order valence-corrected chi connectivity index (χ1v) is 7.66. The van der Waals surface area contributed by atoms with E-state index in [1.54, 1.807) is 0 Å². The molecule has 1 fully saturated rings. The Hall–Kier alpha value is -1.02. The monoisotopic (exact) mass is 260 g/mol. The van der Waals surface area contributed by atoms with Gasteiger partial charge in [-0.1, -0.05) is 37.5 Å². The number of anilines is 1. The van der Waals surface area contributed by atoms with Crippen LogP contribution in [0, 0.1) is 12.8 Å². The Morgan fingerprint density at radius 2 is 1.95 bits per heavy atom. The Labute approximate surface area is 118 Å². The molecule has 0 bridgehead atoms. The van der Waals surface area contributed by atoms with Gasteiger partial charge in [-0.25, -0.2) is 0 Å². The normalized spacial score (nSPS) is 23.3. The summed E-state index contributed by atoms with van der Waals surface area (Å²) in [6, 6.07) is 9.52. The molecule has 2 heteroatoms. The highest BCUT2D eigenvalue weighted by Crippen LogP contribution is 2.23. The SMILES string of the molecule is Cc1ccc(N(C)CCNC2CCCC(C)C2)cc1. The molecule has 0 aromatic heterocycles. The minimum Gasteiger partial charge on any atom is -0.373 e. The second kappa shape index (κ2) is 6.95. The summed E-state index contributed by atoms with van der Waals surface area (Å²) < 4.78 is 0. The van der Waals surface area contributed by atoms with Crippen molar-refractivity contribution in [1.29, 1.82) is 0 Å². The molecule has 1 aliphatic carbocycles.